The summed E-state index contributed by atoms with van der Waals surface area (Å²) in [6, 6.07) is 46.8. The second kappa shape index (κ2) is 16.9. The summed E-state index contributed by atoms with van der Waals surface area (Å²) in [6.45, 7) is 3.26. The van der Waals surface area contributed by atoms with Gasteiger partial charge >= 0.3 is 5.97 Å². The Labute approximate surface area is 282 Å². The van der Waals surface area contributed by atoms with Crippen LogP contribution in [0.2, 0.25) is 0 Å². The Kier molecular flexibility index (Phi) is 11.6. The summed E-state index contributed by atoms with van der Waals surface area (Å²) in [6.07, 6.45) is -3.58. The highest BCUT2D eigenvalue weighted by Gasteiger charge is 2.50. The molecule has 1 aliphatic heterocycles. The number of hydrogen-bond acceptors (Lipinski definition) is 7. The Hall–Kier alpha value is -4.79. The lowest BCUT2D eigenvalue weighted by Gasteiger charge is -2.46. The van der Waals surface area contributed by atoms with Crippen molar-refractivity contribution >= 4 is 11.7 Å². The number of hydrogen-bond donors (Lipinski definition) is 1. The van der Waals surface area contributed by atoms with Crippen molar-refractivity contribution < 1.29 is 28.5 Å². The number of esters is 1. The molecule has 5 aromatic rings. The van der Waals surface area contributed by atoms with Gasteiger partial charge in [0.2, 0.25) is 0 Å². The summed E-state index contributed by atoms with van der Waals surface area (Å²) in [4.78, 5) is 13.6. The molecule has 5 atom stereocenters. The number of rotatable bonds is 14. The van der Waals surface area contributed by atoms with Crippen LogP contribution in [0.25, 0.3) is 0 Å². The van der Waals surface area contributed by atoms with Gasteiger partial charge in [-0.3, -0.25) is 0 Å². The number of carbonyl (C=O) groups is 1. The summed E-state index contributed by atoms with van der Waals surface area (Å²) < 4.78 is 32.7. The normalized spacial score (nSPS) is 20.6. The molecule has 7 nitrogen and oxygen atoms in total. The van der Waals surface area contributed by atoms with E-state index in [1.54, 1.807) is 12.1 Å². The Balaban J connectivity index is 1.34. The van der Waals surface area contributed by atoms with Crippen LogP contribution in [0.3, 0.4) is 0 Å². The average molecular weight is 644 g/mol. The molecule has 246 valence electrons. The van der Waals surface area contributed by atoms with Crippen LogP contribution in [0.15, 0.2) is 146 Å². The van der Waals surface area contributed by atoms with E-state index in [9.17, 15) is 4.79 Å². The molecule has 1 aliphatic rings. The monoisotopic (exact) mass is 643 g/mol. The highest BCUT2D eigenvalue weighted by Crippen LogP contribution is 2.32. The van der Waals surface area contributed by atoms with Crippen LogP contribution in [0.4, 0.5) is 5.69 Å². The first-order valence-corrected chi connectivity index (χ1v) is 16.3. The second-order valence-corrected chi connectivity index (χ2v) is 11.9. The molecule has 0 radical (unpaired) electrons. The van der Waals surface area contributed by atoms with E-state index < -0.39 is 36.6 Å². The number of nitrogens with one attached hydrogen (secondary N) is 1. The van der Waals surface area contributed by atoms with Crippen LogP contribution in [0, 0.1) is 6.92 Å². The summed E-state index contributed by atoms with van der Waals surface area (Å²) in [5.74, 6) is -0.478. The highest BCUT2D eigenvalue weighted by molar-refractivity contribution is 5.89. The van der Waals surface area contributed by atoms with Crippen LogP contribution in [-0.4, -0.2) is 43.2 Å². The predicted octanol–water partition coefficient (Wildman–Crippen LogP) is 7.75. The average Bonchev–Trinajstić information content (AvgIpc) is 3.14. The maximum absolute atomic E-state index is 13.6. The zero-order valence-electron chi connectivity index (χ0n) is 27.0. The van der Waals surface area contributed by atoms with E-state index >= 15 is 0 Å². The van der Waals surface area contributed by atoms with Gasteiger partial charge in [-0.25, -0.2) is 4.79 Å². The van der Waals surface area contributed by atoms with Gasteiger partial charge in [0.1, 0.15) is 18.3 Å². The number of ether oxygens (including phenoxy) is 5. The summed E-state index contributed by atoms with van der Waals surface area (Å²) in [5.41, 5.74) is 5.42. The van der Waals surface area contributed by atoms with Crippen molar-refractivity contribution in [3.63, 3.8) is 0 Å². The van der Waals surface area contributed by atoms with Gasteiger partial charge in [0, 0.05) is 5.69 Å². The SMILES string of the molecule is Cc1ccc(N[C@H]2O[C@H](COCc3ccccc3)[C@@H](OCc3ccccc3)[C@H](OCc3ccccc3)[C@H]2OC(=O)c2ccccc2)cc1. The molecule has 0 aliphatic carbocycles. The summed E-state index contributed by atoms with van der Waals surface area (Å²) in [7, 11) is 0. The second-order valence-electron chi connectivity index (χ2n) is 11.9. The quantitative estimate of drug-likeness (QED) is 0.124. The molecule has 0 spiro atoms. The zero-order chi connectivity index (χ0) is 33.0. The molecule has 1 N–H and O–H groups in total. The largest absolute Gasteiger partial charge is 0.451 e. The molecular weight excluding hydrogens is 602 g/mol. The molecule has 5 aromatic carbocycles. The minimum atomic E-state index is -0.881. The standard InChI is InChI=1S/C41H41NO6/c1-30-22-24-35(25-23-30)42-40-39(48-41(43)34-20-12-5-13-21-34)38(46-28-33-18-10-4-11-19-33)37(45-27-32-16-8-3-9-17-32)36(47-40)29-44-26-31-14-6-2-7-15-31/h2-25,36-40,42H,26-29H2,1H3/t36-,37-,38+,39-,40+/m1/s1. The highest BCUT2D eigenvalue weighted by atomic mass is 16.6. The van der Waals surface area contributed by atoms with Gasteiger partial charge in [-0.05, 0) is 47.9 Å². The van der Waals surface area contributed by atoms with Crippen molar-refractivity contribution in [3.8, 4) is 0 Å². The zero-order valence-corrected chi connectivity index (χ0v) is 27.0. The van der Waals surface area contributed by atoms with E-state index in [-0.39, 0.29) is 13.2 Å². The van der Waals surface area contributed by atoms with Crippen LogP contribution >= 0.6 is 0 Å². The third kappa shape index (κ3) is 9.18. The molecule has 7 heteroatoms. The van der Waals surface area contributed by atoms with Crippen molar-refractivity contribution in [1.82, 2.24) is 0 Å². The fourth-order valence-electron chi connectivity index (χ4n) is 5.67. The fourth-order valence-corrected chi connectivity index (χ4v) is 5.67. The number of aryl methyl sites for hydroxylation is 1. The molecule has 0 amide bonds. The molecule has 0 unspecified atom stereocenters. The van der Waals surface area contributed by atoms with E-state index in [4.69, 9.17) is 23.7 Å². The molecule has 6 rings (SSSR count). The lowest BCUT2D eigenvalue weighted by Crippen LogP contribution is -2.63. The fraction of sp³-hybridized carbons (Fsp3) is 0.244. The van der Waals surface area contributed by atoms with Gasteiger partial charge in [-0.1, -0.05) is 127 Å². The lowest BCUT2D eigenvalue weighted by molar-refractivity contribution is -0.255. The van der Waals surface area contributed by atoms with Gasteiger partial charge in [0.25, 0.3) is 0 Å². The lowest BCUT2D eigenvalue weighted by atomic mass is 9.96. The predicted molar refractivity (Wildman–Crippen MR) is 185 cm³/mol. The van der Waals surface area contributed by atoms with E-state index in [2.05, 4.69) is 5.32 Å². The molecule has 48 heavy (non-hydrogen) atoms. The molecule has 0 aromatic heterocycles. The van der Waals surface area contributed by atoms with Gasteiger partial charge < -0.3 is 29.0 Å². The number of anilines is 1. The minimum Gasteiger partial charge on any atom is -0.451 e. The van der Waals surface area contributed by atoms with Gasteiger partial charge in [-0.15, -0.1) is 0 Å². The van der Waals surface area contributed by atoms with E-state index in [0.717, 1.165) is 27.9 Å². The van der Waals surface area contributed by atoms with E-state index in [1.165, 1.54) is 0 Å². The topological polar surface area (TPSA) is 75.2 Å². The van der Waals surface area contributed by atoms with Gasteiger partial charge in [0.05, 0.1) is 32.0 Å². The minimum absolute atomic E-state index is 0.227. The first-order valence-electron chi connectivity index (χ1n) is 16.3. The maximum Gasteiger partial charge on any atom is 0.338 e. The van der Waals surface area contributed by atoms with Crippen LogP contribution in [0.1, 0.15) is 32.6 Å². The Bertz CT molecular complexity index is 1670. The molecular formula is C41H41NO6. The Morgan fingerprint density at radius 3 is 1.67 bits per heavy atom. The van der Waals surface area contributed by atoms with Gasteiger partial charge in [0.15, 0.2) is 12.3 Å². The summed E-state index contributed by atoms with van der Waals surface area (Å²) in [5, 5.41) is 3.49. The van der Waals surface area contributed by atoms with E-state index in [0.29, 0.717) is 18.8 Å². The molecule has 0 bridgehead atoms. The summed E-state index contributed by atoms with van der Waals surface area (Å²) >= 11 is 0. The van der Waals surface area contributed by atoms with Crippen LogP contribution in [0.5, 0.6) is 0 Å². The molecule has 1 fully saturated rings. The smallest absolute Gasteiger partial charge is 0.338 e. The maximum atomic E-state index is 13.6. The third-order valence-corrected chi connectivity index (χ3v) is 8.21. The molecule has 1 heterocycles. The molecule has 1 saturated heterocycles. The first kappa shape index (κ1) is 33.1. The van der Waals surface area contributed by atoms with Crippen LogP contribution < -0.4 is 5.32 Å². The van der Waals surface area contributed by atoms with Crippen molar-refractivity contribution in [2.75, 3.05) is 11.9 Å². The van der Waals surface area contributed by atoms with Gasteiger partial charge in [-0.2, -0.15) is 0 Å². The third-order valence-electron chi connectivity index (χ3n) is 8.21. The molecule has 0 saturated carbocycles. The van der Waals surface area contributed by atoms with Crippen LogP contribution in [-0.2, 0) is 43.5 Å². The first-order chi connectivity index (χ1) is 23.6. The van der Waals surface area contributed by atoms with E-state index in [1.807, 2.05) is 140 Å². The number of benzene rings is 5. The Morgan fingerprint density at radius 2 is 1.10 bits per heavy atom. The van der Waals surface area contributed by atoms with Crippen molar-refractivity contribution in [3.05, 3.63) is 173 Å². The number of carbonyl (C=O) groups excluding carboxylic acids is 1. The van der Waals surface area contributed by atoms with Crippen molar-refractivity contribution in [2.24, 2.45) is 0 Å². The van der Waals surface area contributed by atoms with Crippen molar-refractivity contribution in [1.29, 1.82) is 0 Å². The Morgan fingerprint density at radius 1 is 0.604 bits per heavy atom. The van der Waals surface area contributed by atoms with Crippen molar-refractivity contribution in [2.45, 2.75) is 57.4 Å².